The molecule has 1 fully saturated rings. The number of aryl methyl sites for hydroxylation is 1. The third-order valence-electron chi connectivity index (χ3n) is 3.58. The summed E-state index contributed by atoms with van der Waals surface area (Å²) in [4.78, 5) is 18.6. The topological polar surface area (TPSA) is 57.0 Å². The molecule has 3 rings (SSSR count). The second kappa shape index (κ2) is 6.12. The first-order valence-electron chi connectivity index (χ1n) is 7.09. The summed E-state index contributed by atoms with van der Waals surface area (Å²) in [6.07, 6.45) is 5.36. The molecule has 0 radical (unpaired) electrons. The molecule has 1 saturated carbocycles. The van der Waals surface area contributed by atoms with Crippen molar-refractivity contribution in [2.24, 2.45) is 0 Å². The molecule has 1 aromatic carbocycles. The van der Waals surface area contributed by atoms with E-state index in [-0.39, 0.29) is 11.9 Å². The Bertz CT molecular complexity index is 755. The van der Waals surface area contributed by atoms with Crippen LogP contribution >= 0.6 is 11.3 Å². The number of thiazole rings is 1. The summed E-state index contributed by atoms with van der Waals surface area (Å²) in [7, 11) is 0. The molecule has 0 aliphatic heterocycles. The van der Waals surface area contributed by atoms with Gasteiger partial charge in [-0.25, -0.2) is 4.98 Å². The van der Waals surface area contributed by atoms with Crippen molar-refractivity contribution in [1.82, 2.24) is 4.98 Å². The summed E-state index contributed by atoms with van der Waals surface area (Å²) in [5, 5.41) is 10.9. The molecular weight excluding hydrogens is 294 g/mol. The Morgan fingerprint density at radius 2 is 2.32 bits per heavy atom. The van der Waals surface area contributed by atoms with Crippen LogP contribution in [0.5, 0.6) is 0 Å². The zero-order valence-electron chi connectivity index (χ0n) is 12.2. The van der Waals surface area contributed by atoms with Crippen LogP contribution in [0.2, 0.25) is 0 Å². The molecule has 22 heavy (non-hydrogen) atoms. The Morgan fingerprint density at radius 3 is 2.91 bits per heavy atom. The molecule has 0 spiro atoms. The van der Waals surface area contributed by atoms with Crippen molar-refractivity contribution >= 4 is 29.0 Å². The quantitative estimate of drug-likeness (QED) is 0.812. The van der Waals surface area contributed by atoms with Crippen LogP contribution in [0.15, 0.2) is 35.2 Å². The van der Waals surface area contributed by atoms with Gasteiger partial charge >= 0.3 is 0 Å². The van der Waals surface area contributed by atoms with E-state index in [1.165, 1.54) is 11.3 Å². The van der Waals surface area contributed by atoms with Crippen LogP contribution < -0.4 is 4.90 Å². The normalized spacial score (nSPS) is 14.0. The highest BCUT2D eigenvalue weighted by Crippen LogP contribution is 2.34. The number of benzene rings is 1. The van der Waals surface area contributed by atoms with Crippen LogP contribution in [-0.4, -0.2) is 16.9 Å². The number of rotatable bonds is 4. The first-order valence-corrected chi connectivity index (χ1v) is 8.03. The molecule has 1 aliphatic rings. The maximum Gasteiger partial charge on any atom is 0.251 e. The number of hydrogen-bond donors (Lipinski definition) is 0. The lowest BCUT2D eigenvalue weighted by molar-refractivity contribution is -0.114. The molecule has 1 aromatic heterocycles. The van der Waals surface area contributed by atoms with Crippen molar-refractivity contribution in [2.45, 2.75) is 25.8 Å². The summed E-state index contributed by atoms with van der Waals surface area (Å²) in [6, 6.07) is 7.83. The van der Waals surface area contributed by atoms with Crippen molar-refractivity contribution in [2.75, 3.05) is 4.90 Å². The van der Waals surface area contributed by atoms with E-state index in [0.717, 1.165) is 29.8 Å². The summed E-state index contributed by atoms with van der Waals surface area (Å²) in [6.45, 7) is 1.93. The number of nitriles is 1. The Labute approximate surface area is 133 Å². The van der Waals surface area contributed by atoms with Crippen LogP contribution in [-0.2, 0) is 4.79 Å². The predicted molar refractivity (Wildman–Crippen MR) is 87.6 cm³/mol. The lowest BCUT2D eigenvalue weighted by Gasteiger charge is -2.23. The van der Waals surface area contributed by atoms with E-state index in [4.69, 9.17) is 5.26 Å². The molecule has 5 heteroatoms. The fourth-order valence-corrected chi connectivity index (χ4v) is 2.89. The zero-order chi connectivity index (χ0) is 15.5. The molecule has 2 aromatic rings. The highest BCUT2D eigenvalue weighted by atomic mass is 32.1. The third kappa shape index (κ3) is 3.07. The molecule has 4 nitrogen and oxygen atoms in total. The summed E-state index contributed by atoms with van der Waals surface area (Å²) in [5.41, 5.74) is 4.98. The highest BCUT2D eigenvalue weighted by Gasteiger charge is 2.33. The lowest BCUT2D eigenvalue weighted by atomic mass is 10.1. The van der Waals surface area contributed by atoms with Crippen molar-refractivity contribution in [3.63, 3.8) is 0 Å². The van der Waals surface area contributed by atoms with Crippen molar-refractivity contribution in [3.8, 4) is 6.07 Å². The lowest BCUT2D eigenvalue weighted by Crippen LogP contribution is -2.32. The zero-order valence-corrected chi connectivity index (χ0v) is 13.0. The molecule has 0 unspecified atom stereocenters. The monoisotopic (exact) mass is 309 g/mol. The van der Waals surface area contributed by atoms with Gasteiger partial charge in [0.2, 0.25) is 0 Å². The number of amides is 1. The van der Waals surface area contributed by atoms with Gasteiger partial charge in [-0.1, -0.05) is 0 Å². The first kappa shape index (κ1) is 14.5. The predicted octanol–water partition coefficient (Wildman–Crippen LogP) is 3.53. The molecule has 0 atom stereocenters. The Kier molecular flexibility index (Phi) is 4.03. The maximum atomic E-state index is 12.6. The van der Waals surface area contributed by atoms with Crippen molar-refractivity contribution in [3.05, 3.63) is 52.0 Å². The molecule has 1 aliphatic carbocycles. The largest absolute Gasteiger partial charge is 0.306 e. The van der Waals surface area contributed by atoms with Gasteiger partial charge in [0, 0.05) is 23.2 Å². The molecule has 1 heterocycles. The summed E-state index contributed by atoms with van der Waals surface area (Å²) < 4.78 is 0. The van der Waals surface area contributed by atoms with Crippen LogP contribution in [0.4, 0.5) is 5.69 Å². The summed E-state index contributed by atoms with van der Waals surface area (Å²) >= 11 is 1.50. The van der Waals surface area contributed by atoms with Gasteiger partial charge in [-0.2, -0.15) is 5.26 Å². The summed E-state index contributed by atoms with van der Waals surface area (Å²) in [5.74, 6) is -0.0386. The molecule has 0 bridgehead atoms. The van der Waals surface area contributed by atoms with E-state index in [9.17, 15) is 4.79 Å². The van der Waals surface area contributed by atoms with Crippen LogP contribution in [0.3, 0.4) is 0 Å². The Balaban J connectivity index is 1.87. The van der Waals surface area contributed by atoms with Gasteiger partial charge in [-0.15, -0.1) is 11.3 Å². The second-order valence-electron chi connectivity index (χ2n) is 5.30. The van der Waals surface area contributed by atoms with Crippen LogP contribution in [0.25, 0.3) is 6.08 Å². The molecule has 1 amide bonds. The van der Waals surface area contributed by atoms with Gasteiger partial charge in [0.25, 0.3) is 5.91 Å². The maximum absolute atomic E-state index is 12.6. The number of hydrogen-bond acceptors (Lipinski definition) is 4. The molecule has 0 N–H and O–H groups in total. The van der Waals surface area contributed by atoms with Crippen LogP contribution in [0, 0.1) is 18.3 Å². The van der Waals surface area contributed by atoms with Gasteiger partial charge in [0.05, 0.1) is 22.8 Å². The van der Waals surface area contributed by atoms with E-state index in [1.807, 2.05) is 29.3 Å². The third-order valence-corrected chi connectivity index (χ3v) is 4.19. The average molecular weight is 309 g/mol. The standard InChI is InChI=1S/C17H15N3OS/c1-12-8-13(9-18)2-6-16(12)20(15-4-5-15)17(21)7-3-14-10-22-11-19-14/h2-3,6-8,10-11,15H,4-5H2,1H3/b7-3+. The van der Waals surface area contributed by atoms with Gasteiger partial charge in [-0.3, -0.25) is 4.79 Å². The Morgan fingerprint density at radius 1 is 1.50 bits per heavy atom. The number of nitrogens with zero attached hydrogens (tertiary/aromatic N) is 3. The number of aromatic nitrogens is 1. The fourth-order valence-electron chi connectivity index (χ4n) is 2.36. The minimum Gasteiger partial charge on any atom is -0.306 e. The Hall–Kier alpha value is -2.45. The molecule has 110 valence electrons. The van der Waals surface area contributed by atoms with Gasteiger partial charge in [0.1, 0.15) is 0 Å². The fraction of sp³-hybridized carbons (Fsp3) is 0.235. The molecule has 0 saturated heterocycles. The second-order valence-corrected chi connectivity index (χ2v) is 6.02. The van der Waals surface area contributed by atoms with Gasteiger partial charge in [-0.05, 0) is 49.6 Å². The number of carbonyl (C=O) groups is 1. The van der Waals surface area contributed by atoms with Crippen molar-refractivity contribution in [1.29, 1.82) is 5.26 Å². The van der Waals surface area contributed by atoms with E-state index in [0.29, 0.717) is 5.56 Å². The van der Waals surface area contributed by atoms with Gasteiger partial charge < -0.3 is 4.90 Å². The molecular formula is C17H15N3OS. The SMILES string of the molecule is Cc1cc(C#N)ccc1N(C(=O)/C=C/c1cscn1)C1CC1. The highest BCUT2D eigenvalue weighted by molar-refractivity contribution is 7.07. The van der Waals surface area contributed by atoms with E-state index in [1.54, 1.807) is 23.7 Å². The van der Waals surface area contributed by atoms with Gasteiger partial charge in [0.15, 0.2) is 0 Å². The average Bonchev–Trinajstić information content (AvgIpc) is 3.21. The van der Waals surface area contributed by atoms with Crippen LogP contribution in [0.1, 0.15) is 29.7 Å². The van der Waals surface area contributed by atoms with E-state index >= 15 is 0 Å². The number of carbonyl (C=O) groups excluding carboxylic acids is 1. The van der Waals surface area contributed by atoms with E-state index < -0.39 is 0 Å². The van der Waals surface area contributed by atoms with E-state index in [2.05, 4.69) is 11.1 Å². The minimum absolute atomic E-state index is 0.0386. The minimum atomic E-state index is -0.0386. The number of anilines is 1. The van der Waals surface area contributed by atoms with Crippen molar-refractivity contribution < 1.29 is 4.79 Å². The first-order chi connectivity index (χ1) is 10.7. The smallest absolute Gasteiger partial charge is 0.251 e.